The molecule has 0 spiro atoms. The fourth-order valence-electron chi connectivity index (χ4n) is 1.98. The molecule has 18 heavy (non-hydrogen) atoms. The highest BCUT2D eigenvalue weighted by Gasteiger charge is 2.26. The summed E-state index contributed by atoms with van der Waals surface area (Å²) in [5, 5.41) is 10.5. The predicted molar refractivity (Wildman–Crippen MR) is 72.4 cm³/mol. The molecular weight excluding hydrogens is 252 g/mol. The number of rotatable bonds is 6. The van der Waals surface area contributed by atoms with E-state index in [2.05, 4.69) is 0 Å². The zero-order valence-corrected chi connectivity index (χ0v) is 11.7. The average Bonchev–Trinajstić information content (AvgIpc) is 2.39. The lowest BCUT2D eigenvalue weighted by Gasteiger charge is -2.19. The number of ether oxygens (including phenoxy) is 1. The van der Waals surface area contributed by atoms with Crippen LogP contribution in [0.1, 0.15) is 37.0 Å². The minimum atomic E-state index is -1.01. The second kappa shape index (κ2) is 6.76. The molecule has 100 valence electrons. The van der Waals surface area contributed by atoms with Crippen LogP contribution in [0.4, 0.5) is 0 Å². The molecule has 0 saturated heterocycles. The van der Waals surface area contributed by atoms with Crippen LogP contribution in [0, 0.1) is 5.92 Å². The molecule has 0 heterocycles. The summed E-state index contributed by atoms with van der Waals surface area (Å²) < 4.78 is 5.13. The van der Waals surface area contributed by atoms with E-state index in [-0.39, 0.29) is 11.7 Å². The first-order valence-corrected chi connectivity index (χ1v) is 6.48. The number of halogens is 1. The molecule has 0 aliphatic heterocycles. The van der Waals surface area contributed by atoms with Gasteiger partial charge in [0.15, 0.2) is 5.78 Å². The van der Waals surface area contributed by atoms with E-state index >= 15 is 0 Å². The van der Waals surface area contributed by atoms with Crippen LogP contribution in [-0.4, -0.2) is 24.1 Å². The second-order valence-electron chi connectivity index (χ2n) is 4.23. The quantitative estimate of drug-likeness (QED) is 0.807. The Labute approximate surface area is 113 Å². The Morgan fingerprint density at radius 2 is 2.00 bits per heavy atom. The molecule has 1 aromatic carbocycles. The van der Waals surface area contributed by atoms with Crippen molar-refractivity contribution in [2.75, 3.05) is 7.11 Å². The maximum absolute atomic E-state index is 12.2. The minimum Gasteiger partial charge on any atom is -0.496 e. The number of aliphatic hydroxyl groups is 1. The Morgan fingerprint density at radius 1 is 1.39 bits per heavy atom. The first-order valence-electron chi connectivity index (χ1n) is 6.10. The standard InChI is InChI=1S/C14H19ClO3/c1-4-9(5-2)13(16)14(17)11-8-10(15)6-7-12(11)18-3/h6-9,13,16H,4-5H2,1-3H3. The lowest BCUT2D eigenvalue weighted by Crippen LogP contribution is -2.29. The summed E-state index contributed by atoms with van der Waals surface area (Å²) in [5.41, 5.74) is 0.337. The van der Waals surface area contributed by atoms with E-state index in [0.29, 0.717) is 16.3 Å². The Balaban J connectivity index is 3.05. The molecule has 1 unspecified atom stereocenters. The Bertz CT molecular complexity index is 414. The van der Waals surface area contributed by atoms with Crippen LogP contribution in [0.5, 0.6) is 5.75 Å². The summed E-state index contributed by atoms with van der Waals surface area (Å²) in [7, 11) is 1.49. The van der Waals surface area contributed by atoms with Gasteiger partial charge >= 0.3 is 0 Å². The van der Waals surface area contributed by atoms with E-state index in [1.54, 1.807) is 12.1 Å². The predicted octanol–water partition coefficient (Wildman–Crippen LogP) is 3.33. The average molecular weight is 271 g/mol. The normalized spacial score (nSPS) is 12.6. The van der Waals surface area contributed by atoms with Crippen molar-refractivity contribution in [3.63, 3.8) is 0 Å². The van der Waals surface area contributed by atoms with Gasteiger partial charge in [0.25, 0.3) is 0 Å². The van der Waals surface area contributed by atoms with Gasteiger partial charge in [0, 0.05) is 5.02 Å². The van der Waals surface area contributed by atoms with E-state index < -0.39 is 6.10 Å². The Hall–Kier alpha value is -1.06. The van der Waals surface area contributed by atoms with Gasteiger partial charge in [0.1, 0.15) is 11.9 Å². The zero-order chi connectivity index (χ0) is 13.7. The van der Waals surface area contributed by atoms with E-state index in [9.17, 15) is 9.90 Å². The van der Waals surface area contributed by atoms with E-state index in [1.165, 1.54) is 13.2 Å². The van der Waals surface area contributed by atoms with Crippen LogP contribution in [0.15, 0.2) is 18.2 Å². The molecule has 0 fully saturated rings. The molecule has 1 aromatic rings. The van der Waals surface area contributed by atoms with Crippen molar-refractivity contribution in [3.8, 4) is 5.75 Å². The summed E-state index contributed by atoms with van der Waals surface area (Å²) in [5.74, 6) is 0.0682. The number of hydrogen-bond donors (Lipinski definition) is 1. The third kappa shape index (κ3) is 3.24. The van der Waals surface area contributed by atoms with Gasteiger partial charge in [-0.05, 0) is 24.1 Å². The maximum atomic E-state index is 12.2. The Morgan fingerprint density at radius 3 is 2.50 bits per heavy atom. The number of carbonyl (C=O) groups is 1. The van der Waals surface area contributed by atoms with Crippen LogP contribution >= 0.6 is 11.6 Å². The van der Waals surface area contributed by atoms with Gasteiger partial charge in [-0.1, -0.05) is 38.3 Å². The molecule has 0 aliphatic carbocycles. The molecule has 0 aromatic heterocycles. The monoisotopic (exact) mass is 270 g/mol. The molecule has 4 heteroatoms. The number of hydrogen-bond acceptors (Lipinski definition) is 3. The van der Waals surface area contributed by atoms with Crippen molar-refractivity contribution in [1.29, 1.82) is 0 Å². The largest absolute Gasteiger partial charge is 0.496 e. The zero-order valence-electron chi connectivity index (χ0n) is 10.9. The topological polar surface area (TPSA) is 46.5 Å². The summed E-state index contributed by atoms with van der Waals surface area (Å²) in [4.78, 5) is 12.2. The van der Waals surface area contributed by atoms with Gasteiger partial charge in [0.2, 0.25) is 0 Å². The molecule has 0 amide bonds. The van der Waals surface area contributed by atoms with Gasteiger partial charge in [-0.2, -0.15) is 0 Å². The lowest BCUT2D eigenvalue weighted by atomic mass is 9.90. The smallest absolute Gasteiger partial charge is 0.195 e. The molecule has 1 N–H and O–H groups in total. The van der Waals surface area contributed by atoms with Crippen molar-refractivity contribution in [1.82, 2.24) is 0 Å². The maximum Gasteiger partial charge on any atom is 0.195 e. The molecule has 0 saturated carbocycles. The number of methoxy groups -OCH3 is 1. The lowest BCUT2D eigenvalue weighted by molar-refractivity contribution is 0.0585. The van der Waals surface area contributed by atoms with Crippen LogP contribution in [0.2, 0.25) is 5.02 Å². The highest BCUT2D eigenvalue weighted by atomic mass is 35.5. The van der Waals surface area contributed by atoms with Gasteiger partial charge in [-0.3, -0.25) is 4.79 Å². The second-order valence-corrected chi connectivity index (χ2v) is 4.67. The molecule has 0 bridgehead atoms. The number of benzene rings is 1. The number of Topliss-reactive ketones (excluding diaryl/α,β-unsaturated/α-hetero) is 1. The molecular formula is C14H19ClO3. The van der Waals surface area contributed by atoms with Gasteiger partial charge in [-0.15, -0.1) is 0 Å². The summed E-state index contributed by atoms with van der Waals surface area (Å²) >= 11 is 5.88. The van der Waals surface area contributed by atoms with Crippen LogP contribution in [-0.2, 0) is 0 Å². The van der Waals surface area contributed by atoms with Crippen molar-refractivity contribution in [3.05, 3.63) is 28.8 Å². The summed E-state index contributed by atoms with van der Waals surface area (Å²) in [6, 6.07) is 4.82. The van der Waals surface area contributed by atoms with Crippen molar-refractivity contribution >= 4 is 17.4 Å². The highest BCUT2D eigenvalue weighted by Crippen LogP contribution is 2.26. The number of aliphatic hydroxyl groups excluding tert-OH is 1. The van der Waals surface area contributed by atoms with Crippen molar-refractivity contribution < 1.29 is 14.6 Å². The summed E-state index contributed by atoms with van der Waals surface area (Å²) in [6.45, 7) is 3.92. The number of carbonyl (C=O) groups excluding carboxylic acids is 1. The molecule has 0 radical (unpaired) electrons. The third-order valence-corrected chi connectivity index (χ3v) is 3.43. The van der Waals surface area contributed by atoms with Gasteiger partial charge in [0.05, 0.1) is 12.7 Å². The molecule has 1 atom stereocenters. The first kappa shape index (κ1) is 15.0. The van der Waals surface area contributed by atoms with Crippen molar-refractivity contribution in [2.24, 2.45) is 5.92 Å². The number of ketones is 1. The van der Waals surface area contributed by atoms with Crippen LogP contribution in [0.3, 0.4) is 0 Å². The van der Waals surface area contributed by atoms with E-state index in [1.807, 2.05) is 13.8 Å². The minimum absolute atomic E-state index is 0.0406. The highest BCUT2D eigenvalue weighted by molar-refractivity contribution is 6.31. The van der Waals surface area contributed by atoms with Crippen LogP contribution in [0.25, 0.3) is 0 Å². The van der Waals surface area contributed by atoms with E-state index in [4.69, 9.17) is 16.3 Å². The summed E-state index contributed by atoms with van der Waals surface area (Å²) in [6.07, 6.45) is 0.505. The van der Waals surface area contributed by atoms with Crippen LogP contribution < -0.4 is 4.74 Å². The van der Waals surface area contributed by atoms with Gasteiger partial charge in [-0.25, -0.2) is 0 Å². The van der Waals surface area contributed by atoms with Crippen molar-refractivity contribution in [2.45, 2.75) is 32.8 Å². The fraction of sp³-hybridized carbons (Fsp3) is 0.500. The third-order valence-electron chi connectivity index (χ3n) is 3.19. The van der Waals surface area contributed by atoms with Gasteiger partial charge < -0.3 is 9.84 Å². The fourth-order valence-corrected chi connectivity index (χ4v) is 2.15. The Kier molecular flexibility index (Phi) is 5.63. The first-order chi connectivity index (χ1) is 8.54. The SMILES string of the molecule is CCC(CC)C(O)C(=O)c1cc(Cl)ccc1OC. The van der Waals surface area contributed by atoms with E-state index in [0.717, 1.165) is 12.8 Å². The molecule has 1 rings (SSSR count). The molecule has 3 nitrogen and oxygen atoms in total. The molecule has 0 aliphatic rings.